The predicted molar refractivity (Wildman–Crippen MR) is 361 cm³/mol. The molecule has 4 amide bonds. The topological polar surface area (TPSA) is 167 Å². The van der Waals surface area contributed by atoms with Gasteiger partial charge in [0.1, 0.15) is 0 Å². The number of hydrogen-bond donors (Lipinski definition) is 3. The summed E-state index contributed by atoms with van der Waals surface area (Å²) in [5.74, 6) is 0.525. The molecule has 0 aliphatic carbocycles. The molecule has 0 radical (unpaired) electrons. The molecule has 1 atom stereocenters. The van der Waals surface area contributed by atoms with Crippen molar-refractivity contribution in [3.8, 4) is 0 Å². The first-order valence-corrected chi connectivity index (χ1v) is 32.6. The number of aromatic nitrogens is 1. The van der Waals surface area contributed by atoms with Gasteiger partial charge in [-0.3, -0.25) is 28.8 Å². The summed E-state index contributed by atoms with van der Waals surface area (Å²) in [6.07, 6.45) is 14.6. The molecule has 3 N–H and O–H groups in total. The van der Waals surface area contributed by atoms with E-state index < -0.39 is 5.97 Å². The van der Waals surface area contributed by atoms with Crippen molar-refractivity contribution >= 4 is 92.0 Å². The van der Waals surface area contributed by atoms with Crippen LogP contribution < -0.4 is 29.8 Å². The van der Waals surface area contributed by atoms with Crippen molar-refractivity contribution in [3.63, 3.8) is 0 Å². The quantitative estimate of drug-likeness (QED) is 0.142. The molecule has 17 rings (SSSR count). The summed E-state index contributed by atoms with van der Waals surface area (Å²) >= 11 is 6.02. The van der Waals surface area contributed by atoms with Crippen molar-refractivity contribution in [2.75, 3.05) is 75.6 Å². The molecule has 9 aliphatic rings. The maximum Gasteiger partial charge on any atom is 0.303 e. The van der Waals surface area contributed by atoms with Crippen LogP contribution in [0.3, 0.4) is 0 Å². The number of Topliss-reactive ketones (excluding diaryl/α,β-unsaturated/α-hetero) is 1. The van der Waals surface area contributed by atoms with Gasteiger partial charge in [-0.05, 0) is 175 Å². The molecule has 9 aliphatic heterocycles. The van der Waals surface area contributed by atoms with Crippen LogP contribution in [0.5, 0.6) is 0 Å². The number of para-hydroxylation sites is 6. The molecule has 10 heterocycles. The first kappa shape index (κ1) is 64.2. The van der Waals surface area contributed by atoms with E-state index in [0.717, 1.165) is 137 Å². The Kier molecular flexibility index (Phi) is 21.0. The molecule has 0 bridgehead atoms. The summed E-state index contributed by atoms with van der Waals surface area (Å²) in [7, 11) is 0. The smallest absolute Gasteiger partial charge is 0.303 e. The standard InChI is InChI=1S/C23H25ClN2O.C12H13NO3.C12H11NO2.C12H13NO.C8H9N.C8H7N.Pd.H2/c24-19-5-7-20(8-6-19)25-13-10-16(11-14-25)21-9-4-17-2-1-3-18-12-15-26(22(17)18)23(21)27;14-11(5-6-12(15)16)13-8-7-9-3-1-2-4-10(9)13;14-10-4-5-11(15)13-7-6-8-2-1-3-9(10)12(8)13;14-11-6-2-5-9-3-1-4-10-7-8-13(11)12(9)10;2*1-2-4-8-7(3-1)5-6-9-8;;/h1-3,5-8,16,21H,4,9-15H2;1-4H,5-8H2,(H,15,16);1-3H,4-7H2;1,3-4H,2,5-8H2;1-4,9H,5-6H2;1-6,9H;;1H. The molecule has 1 aromatic heterocycles. The van der Waals surface area contributed by atoms with Crippen LogP contribution in [-0.2, 0) is 89.3 Å². The number of carboxylic acids is 1. The first-order chi connectivity index (χ1) is 43.9. The minimum atomic E-state index is -0.930. The number of benzene rings is 7. The molecular formula is C75H80ClN7O7Pd. The third-order valence-corrected chi connectivity index (χ3v) is 19.2. The van der Waals surface area contributed by atoms with E-state index in [1.165, 1.54) is 67.9 Å². The van der Waals surface area contributed by atoms with Crippen LogP contribution in [0.1, 0.15) is 109 Å². The van der Waals surface area contributed by atoms with Gasteiger partial charge in [0.25, 0.3) is 0 Å². The summed E-state index contributed by atoms with van der Waals surface area (Å²) in [6, 6.07) is 53.3. The number of rotatable bonds is 5. The second-order valence-electron chi connectivity index (χ2n) is 24.4. The Morgan fingerprint density at radius 2 is 1.10 bits per heavy atom. The molecule has 91 heavy (non-hydrogen) atoms. The Hall–Kier alpha value is -8.35. The minimum absolute atomic E-state index is 0. The zero-order chi connectivity index (χ0) is 62.1. The van der Waals surface area contributed by atoms with E-state index >= 15 is 0 Å². The van der Waals surface area contributed by atoms with Crippen LogP contribution in [-0.4, -0.2) is 91.3 Å². The molecular weight excluding hydrogens is 1250 g/mol. The van der Waals surface area contributed by atoms with Gasteiger partial charge in [0, 0.05) is 139 Å². The molecule has 1 saturated heterocycles. The number of aryl methyl sites for hydroxylation is 2. The van der Waals surface area contributed by atoms with Crippen molar-refractivity contribution in [1.82, 2.24) is 4.98 Å². The molecule has 7 aromatic carbocycles. The second kappa shape index (κ2) is 29.7. The van der Waals surface area contributed by atoms with Gasteiger partial charge in [-0.15, -0.1) is 0 Å². The number of nitrogens with one attached hydrogen (secondary N) is 2. The number of hydrogen-bond acceptors (Lipinski definition) is 8. The van der Waals surface area contributed by atoms with Crippen molar-refractivity contribution in [1.29, 1.82) is 0 Å². The van der Waals surface area contributed by atoms with E-state index in [1.807, 2.05) is 77.8 Å². The average Bonchev–Trinajstić information content (AvgIpc) is 1.66. The number of aliphatic carboxylic acids is 1. The van der Waals surface area contributed by atoms with Gasteiger partial charge in [-0.1, -0.05) is 115 Å². The molecule has 0 spiro atoms. The van der Waals surface area contributed by atoms with E-state index in [-0.39, 0.29) is 58.2 Å². The van der Waals surface area contributed by atoms with Gasteiger partial charge in [0.2, 0.25) is 23.6 Å². The number of anilines is 6. The summed E-state index contributed by atoms with van der Waals surface area (Å²) in [5, 5.41) is 13.9. The summed E-state index contributed by atoms with van der Waals surface area (Å²) in [6.45, 7) is 6.31. The van der Waals surface area contributed by atoms with Gasteiger partial charge in [-0.2, -0.15) is 0 Å². The zero-order valence-corrected chi connectivity index (χ0v) is 53.6. The van der Waals surface area contributed by atoms with E-state index in [9.17, 15) is 28.8 Å². The second-order valence-corrected chi connectivity index (χ2v) is 24.9. The van der Waals surface area contributed by atoms with Crippen molar-refractivity contribution in [2.45, 2.75) is 103 Å². The number of ketones is 1. The molecule has 14 nitrogen and oxygen atoms in total. The number of carbonyl (C=O) groups excluding carboxylic acids is 5. The van der Waals surface area contributed by atoms with Gasteiger partial charge in [0.05, 0.1) is 23.5 Å². The Morgan fingerprint density at radius 1 is 0.516 bits per heavy atom. The molecule has 474 valence electrons. The fraction of sp³-hybridized carbons (Fsp3) is 0.333. The van der Waals surface area contributed by atoms with Crippen LogP contribution in [0.15, 0.2) is 164 Å². The molecule has 1 unspecified atom stereocenters. The van der Waals surface area contributed by atoms with Gasteiger partial charge in [-0.25, -0.2) is 0 Å². The van der Waals surface area contributed by atoms with E-state index in [1.54, 1.807) is 9.80 Å². The number of piperidine rings is 1. The Bertz CT molecular complexity index is 3910. The first-order valence-electron chi connectivity index (χ1n) is 32.2. The minimum Gasteiger partial charge on any atom is -0.481 e. The third-order valence-electron chi connectivity index (χ3n) is 19.0. The summed E-state index contributed by atoms with van der Waals surface area (Å²) in [5.41, 5.74) is 18.0. The number of aromatic amines is 1. The van der Waals surface area contributed by atoms with E-state index in [2.05, 4.69) is 111 Å². The number of amides is 4. The average molecular weight is 1330 g/mol. The maximum atomic E-state index is 13.4. The van der Waals surface area contributed by atoms with E-state index in [0.29, 0.717) is 43.5 Å². The SMILES string of the molecule is O=C(O)CCC(=O)N1CCc2ccccc21.O=C1C(C2CCN(c3ccc(Cl)cc3)CC2)CCc2cccc3c2N1CC3.O=C1CCC(=O)N2CCc3cccc1c32.O=C1CCCc2cccc3c2N1CC3.[HH].[Pd].c1ccc2[nH]ccc2c1.c1ccc2c(c1)CCN2. The summed E-state index contributed by atoms with van der Waals surface area (Å²) in [4.78, 5) is 83.9. The zero-order valence-electron chi connectivity index (χ0n) is 51.3. The van der Waals surface area contributed by atoms with Gasteiger partial charge >= 0.3 is 5.97 Å². The Labute approximate surface area is 553 Å². The number of fused-ring (bicyclic) bond motifs is 3. The fourth-order valence-electron chi connectivity index (χ4n) is 14.4. The van der Waals surface area contributed by atoms with Crippen LogP contribution in [0, 0.1) is 11.8 Å². The number of halogens is 1. The summed E-state index contributed by atoms with van der Waals surface area (Å²) < 4.78 is 0. The normalized spacial score (nSPS) is 17.7. The molecule has 16 heteroatoms. The van der Waals surface area contributed by atoms with Crippen molar-refractivity contribution in [3.05, 3.63) is 213 Å². The Morgan fingerprint density at radius 3 is 1.81 bits per heavy atom. The number of carbonyl (C=O) groups is 6. The van der Waals surface area contributed by atoms with Crippen molar-refractivity contribution < 1.29 is 55.7 Å². The van der Waals surface area contributed by atoms with Crippen LogP contribution in [0.25, 0.3) is 10.9 Å². The number of H-pyrrole nitrogens is 1. The number of carboxylic acid groups (broad SMARTS) is 1. The van der Waals surface area contributed by atoms with Crippen LogP contribution in [0.2, 0.25) is 5.02 Å². The van der Waals surface area contributed by atoms with Crippen LogP contribution in [0.4, 0.5) is 34.1 Å². The Balaban J connectivity index is 0.000000126. The fourth-order valence-corrected chi connectivity index (χ4v) is 14.5. The monoisotopic (exact) mass is 1330 g/mol. The van der Waals surface area contributed by atoms with Gasteiger partial charge < -0.3 is 39.9 Å². The van der Waals surface area contributed by atoms with E-state index in [4.69, 9.17) is 16.7 Å². The number of nitrogens with zero attached hydrogens (tertiary/aromatic N) is 5. The van der Waals surface area contributed by atoms with Gasteiger partial charge in [0.15, 0.2) is 5.78 Å². The maximum absolute atomic E-state index is 13.4. The third kappa shape index (κ3) is 14.7. The molecule has 8 aromatic rings. The van der Waals surface area contributed by atoms with Crippen molar-refractivity contribution in [2.24, 2.45) is 11.8 Å². The predicted octanol–water partition coefficient (Wildman–Crippen LogP) is 13.7. The van der Waals surface area contributed by atoms with Crippen LogP contribution >= 0.6 is 11.6 Å². The molecule has 0 saturated carbocycles. The largest absolute Gasteiger partial charge is 0.481 e. The molecule has 1 fully saturated rings.